The average molecular weight is 334 g/mol. The van der Waals surface area contributed by atoms with E-state index < -0.39 is 0 Å². The quantitative estimate of drug-likeness (QED) is 0.798. The second-order valence-corrected chi connectivity index (χ2v) is 5.16. The Labute approximate surface area is 135 Å². The number of halogens is 2. The van der Waals surface area contributed by atoms with Gasteiger partial charge in [0.25, 0.3) is 5.91 Å². The van der Waals surface area contributed by atoms with Crippen molar-refractivity contribution in [1.82, 2.24) is 19.5 Å². The number of carbonyl (C=O) groups excluding carboxylic acids is 1. The highest BCUT2D eigenvalue weighted by molar-refractivity contribution is 6.37. The molecule has 8 heteroatoms. The van der Waals surface area contributed by atoms with Gasteiger partial charge in [0.1, 0.15) is 6.33 Å². The van der Waals surface area contributed by atoms with E-state index >= 15 is 0 Å². The second kappa shape index (κ2) is 6.13. The highest BCUT2D eigenvalue weighted by atomic mass is 35.5. The molecule has 6 nitrogen and oxygen atoms in total. The van der Waals surface area contributed by atoms with Crippen LogP contribution in [0.4, 0.5) is 5.69 Å². The normalized spacial score (nSPS) is 10.5. The van der Waals surface area contributed by atoms with E-state index in [1.54, 1.807) is 35.4 Å². The Balaban J connectivity index is 1.77. The van der Waals surface area contributed by atoms with E-state index in [4.69, 9.17) is 23.2 Å². The Kier molecular flexibility index (Phi) is 4.04. The minimum absolute atomic E-state index is 0.279. The number of amides is 1. The molecule has 0 spiro atoms. The Morgan fingerprint density at radius 2 is 1.95 bits per heavy atom. The molecule has 0 aliphatic heterocycles. The molecule has 0 saturated heterocycles. The van der Waals surface area contributed by atoms with Crippen molar-refractivity contribution in [2.45, 2.75) is 0 Å². The zero-order valence-electron chi connectivity index (χ0n) is 11.1. The third kappa shape index (κ3) is 3.08. The molecule has 1 N–H and O–H groups in total. The summed E-state index contributed by atoms with van der Waals surface area (Å²) in [6, 6.07) is 4.67. The minimum atomic E-state index is -0.361. The molecule has 3 rings (SSSR count). The van der Waals surface area contributed by atoms with E-state index in [2.05, 4.69) is 20.3 Å². The summed E-state index contributed by atoms with van der Waals surface area (Å²) >= 11 is 11.8. The Hall–Kier alpha value is -2.44. The fourth-order valence-electron chi connectivity index (χ4n) is 1.77. The fraction of sp³-hybridized carbons (Fsp3) is 0. The molecule has 0 saturated carbocycles. The number of hydrogen-bond donors (Lipinski definition) is 1. The van der Waals surface area contributed by atoms with Crippen LogP contribution in [-0.2, 0) is 0 Å². The SMILES string of the molecule is O=C(Nc1cnc(-n2ccnc2)nc1)c1ccc(Cl)cc1Cl. The van der Waals surface area contributed by atoms with Gasteiger partial charge in [-0.3, -0.25) is 9.36 Å². The monoisotopic (exact) mass is 333 g/mol. The number of imidazole rings is 1. The first kappa shape index (κ1) is 14.5. The van der Waals surface area contributed by atoms with Gasteiger partial charge in [-0.1, -0.05) is 23.2 Å². The number of carbonyl (C=O) groups is 1. The number of benzene rings is 1. The van der Waals surface area contributed by atoms with Gasteiger partial charge in [0.15, 0.2) is 0 Å². The number of anilines is 1. The minimum Gasteiger partial charge on any atom is -0.319 e. The van der Waals surface area contributed by atoms with Crippen molar-refractivity contribution in [2.24, 2.45) is 0 Å². The molecule has 1 amide bonds. The Morgan fingerprint density at radius 1 is 1.18 bits per heavy atom. The summed E-state index contributed by atoms with van der Waals surface area (Å²) in [6.45, 7) is 0. The summed E-state index contributed by atoms with van der Waals surface area (Å²) < 4.78 is 1.65. The zero-order chi connectivity index (χ0) is 15.5. The van der Waals surface area contributed by atoms with Crippen molar-refractivity contribution in [3.05, 3.63) is 64.9 Å². The molecule has 0 radical (unpaired) electrons. The maximum atomic E-state index is 12.2. The first-order valence-corrected chi connectivity index (χ1v) is 6.96. The fourth-order valence-corrected chi connectivity index (χ4v) is 2.26. The van der Waals surface area contributed by atoms with E-state index in [-0.39, 0.29) is 10.9 Å². The predicted octanol–water partition coefficient (Wildman–Crippen LogP) is 3.22. The smallest absolute Gasteiger partial charge is 0.257 e. The van der Waals surface area contributed by atoms with E-state index in [1.807, 2.05) is 0 Å². The first-order chi connectivity index (χ1) is 10.6. The van der Waals surface area contributed by atoms with Crippen LogP contribution in [0.25, 0.3) is 5.95 Å². The first-order valence-electron chi connectivity index (χ1n) is 6.20. The summed E-state index contributed by atoms with van der Waals surface area (Å²) in [5, 5.41) is 3.42. The van der Waals surface area contributed by atoms with Crippen molar-refractivity contribution >= 4 is 34.8 Å². The molecule has 2 aromatic heterocycles. The maximum absolute atomic E-state index is 12.2. The zero-order valence-corrected chi connectivity index (χ0v) is 12.6. The molecule has 3 aromatic rings. The van der Waals surface area contributed by atoms with E-state index in [0.717, 1.165) is 0 Å². The van der Waals surface area contributed by atoms with Crippen LogP contribution in [0.3, 0.4) is 0 Å². The van der Waals surface area contributed by atoms with Crippen molar-refractivity contribution in [2.75, 3.05) is 5.32 Å². The molecule has 0 bridgehead atoms. The van der Waals surface area contributed by atoms with Gasteiger partial charge in [0, 0.05) is 17.4 Å². The van der Waals surface area contributed by atoms with Gasteiger partial charge in [0.2, 0.25) is 5.95 Å². The lowest BCUT2D eigenvalue weighted by Gasteiger charge is -2.07. The number of nitrogens with one attached hydrogen (secondary N) is 1. The summed E-state index contributed by atoms with van der Waals surface area (Å²) in [5.74, 6) is 0.0978. The van der Waals surface area contributed by atoms with Crippen LogP contribution in [0.2, 0.25) is 10.0 Å². The van der Waals surface area contributed by atoms with Crippen LogP contribution >= 0.6 is 23.2 Å². The summed E-state index contributed by atoms with van der Waals surface area (Å²) in [5.41, 5.74) is 0.782. The van der Waals surface area contributed by atoms with Crippen LogP contribution in [0.1, 0.15) is 10.4 Å². The molecular weight excluding hydrogens is 325 g/mol. The number of hydrogen-bond acceptors (Lipinski definition) is 4. The van der Waals surface area contributed by atoms with Gasteiger partial charge < -0.3 is 5.32 Å². The topological polar surface area (TPSA) is 72.7 Å². The van der Waals surface area contributed by atoms with Crippen LogP contribution < -0.4 is 5.32 Å². The molecule has 0 fully saturated rings. The summed E-state index contributed by atoms with van der Waals surface area (Å²) in [7, 11) is 0. The Bertz CT molecular complexity index is 803. The van der Waals surface area contributed by atoms with Crippen molar-refractivity contribution < 1.29 is 4.79 Å². The van der Waals surface area contributed by atoms with Crippen molar-refractivity contribution in [3.8, 4) is 5.95 Å². The number of rotatable bonds is 3. The van der Waals surface area contributed by atoms with Gasteiger partial charge in [-0.05, 0) is 18.2 Å². The van der Waals surface area contributed by atoms with E-state index in [1.165, 1.54) is 18.5 Å². The molecular formula is C14H9Cl2N5O. The highest BCUT2D eigenvalue weighted by Gasteiger charge is 2.11. The second-order valence-electron chi connectivity index (χ2n) is 4.32. The van der Waals surface area contributed by atoms with Gasteiger partial charge >= 0.3 is 0 Å². The summed E-state index contributed by atoms with van der Waals surface area (Å²) in [6.07, 6.45) is 7.94. The molecule has 0 aliphatic carbocycles. The van der Waals surface area contributed by atoms with Gasteiger partial charge in [0.05, 0.1) is 28.7 Å². The number of aromatic nitrogens is 4. The Morgan fingerprint density at radius 3 is 2.59 bits per heavy atom. The molecule has 0 atom stereocenters. The molecule has 2 heterocycles. The molecule has 0 unspecified atom stereocenters. The lowest BCUT2D eigenvalue weighted by Crippen LogP contribution is -2.13. The third-order valence-electron chi connectivity index (χ3n) is 2.81. The van der Waals surface area contributed by atoms with Gasteiger partial charge in [-0.15, -0.1) is 0 Å². The molecule has 110 valence electrons. The van der Waals surface area contributed by atoms with E-state index in [9.17, 15) is 4.79 Å². The van der Waals surface area contributed by atoms with Crippen molar-refractivity contribution in [3.63, 3.8) is 0 Å². The van der Waals surface area contributed by atoms with Gasteiger partial charge in [-0.2, -0.15) is 0 Å². The molecule has 1 aromatic carbocycles. The van der Waals surface area contributed by atoms with Crippen molar-refractivity contribution in [1.29, 1.82) is 0 Å². The van der Waals surface area contributed by atoms with Crippen LogP contribution in [0.5, 0.6) is 0 Å². The largest absolute Gasteiger partial charge is 0.319 e. The summed E-state index contributed by atoms with van der Waals surface area (Å²) in [4.78, 5) is 24.4. The van der Waals surface area contributed by atoms with Crippen LogP contribution in [0, 0.1) is 0 Å². The lowest BCUT2D eigenvalue weighted by molar-refractivity contribution is 0.102. The number of nitrogens with zero attached hydrogens (tertiary/aromatic N) is 4. The molecule has 22 heavy (non-hydrogen) atoms. The van der Waals surface area contributed by atoms with E-state index in [0.29, 0.717) is 22.2 Å². The average Bonchev–Trinajstić information content (AvgIpc) is 3.02. The molecule has 0 aliphatic rings. The highest BCUT2D eigenvalue weighted by Crippen LogP contribution is 2.21. The predicted molar refractivity (Wildman–Crippen MR) is 83.6 cm³/mol. The van der Waals surface area contributed by atoms with Crippen LogP contribution in [0.15, 0.2) is 49.3 Å². The van der Waals surface area contributed by atoms with Gasteiger partial charge in [-0.25, -0.2) is 15.0 Å². The lowest BCUT2D eigenvalue weighted by atomic mass is 10.2. The van der Waals surface area contributed by atoms with Crippen LogP contribution in [-0.4, -0.2) is 25.4 Å². The third-order valence-corrected chi connectivity index (χ3v) is 3.35. The standard InChI is InChI=1S/C14H9Cl2N5O/c15-9-1-2-11(12(16)5-9)13(22)20-10-6-18-14(19-7-10)21-4-3-17-8-21/h1-8H,(H,20,22). The maximum Gasteiger partial charge on any atom is 0.257 e.